The minimum absolute atomic E-state index is 0.166. The van der Waals surface area contributed by atoms with Crippen LogP contribution in [0, 0.1) is 0 Å². The fourth-order valence-electron chi connectivity index (χ4n) is 2.65. The lowest BCUT2D eigenvalue weighted by atomic mass is 10.1. The van der Waals surface area contributed by atoms with Gasteiger partial charge >= 0.3 is 0 Å². The molecule has 0 atom stereocenters. The number of nitrogens with one attached hydrogen (secondary N) is 1. The smallest absolute Gasteiger partial charge is 0.255 e. The van der Waals surface area contributed by atoms with Crippen molar-refractivity contribution < 1.29 is 9.53 Å². The van der Waals surface area contributed by atoms with Crippen molar-refractivity contribution in [2.75, 3.05) is 11.9 Å². The number of hydrogen-bond acceptors (Lipinski definition) is 4. The monoisotopic (exact) mass is 386 g/mol. The summed E-state index contributed by atoms with van der Waals surface area (Å²) in [4.78, 5) is 16.6. The highest BCUT2D eigenvalue weighted by molar-refractivity contribution is 6.33. The third-order valence-electron chi connectivity index (χ3n) is 3.86. The lowest BCUT2D eigenvalue weighted by Crippen LogP contribution is -2.22. The average molecular weight is 387 g/mol. The van der Waals surface area contributed by atoms with E-state index in [4.69, 9.17) is 27.9 Å². The zero-order valence-electron chi connectivity index (χ0n) is 13.3. The molecular formula is C18H12Cl2N4O2. The molecule has 8 heteroatoms. The van der Waals surface area contributed by atoms with Gasteiger partial charge in [-0.1, -0.05) is 29.3 Å². The van der Waals surface area contributed by atoms with E-state index in [1.165, 1.54) is 17.3 Å². The summed E-state index contributed by atoms with van der Waals surface area (Å²) in [5.41, 5.74) is 2.30. The summed E-state index contributed by atoms with van der Waals surface area (Å²) in [7, 11) is 0. The Hall–Kier alpha value is -2.83. The number of benzene rings is 2. The summed E-state index contributed by atoms with van der Waals surface area (Å²) in [6, 6.07) is 10.5. The Morgan fingerprint density at radius 2 is 2.12 bits per heavy atom. The van der Waals surface area contributed by atoms with Gasteiger partial charge in [0, 0.05) is 10.6 Å². The number of halogens is 2. The van der Waals surface area contributed by atoms with Crippen LogP contribution in [0.4, 0.5) is 5.69 Å². The molecule has 0 spiro atoms. The Kier molecular flexibility index (Phi) is 4.36. The van der Waals surface area contributed by atoms with Gasteiger partial charge in [0.2, 0.25) is 0 Å². The first-order valence-corrected chi connectivity index (χ1v) is 8.45. The van der Waals surface area contributed by atoms with Crippen molar-refractivity contribution in [3.63, 3.8) is 0 Å². The first kappa shape index (κ1) is 16.6. The number of para-hydroxylation sites is 1. The van der Waals surface area contributed by atoms with Crippen molar-refractivity contribution in [2.45, 2.75) is 0 Å². The van der Waals surface area contributed by atoms with Gasteiger partial charge in [-0.05, 0) is 36.4 Å². The molecule has 1 N–H and O–H groups in total. The quantitative estimate of drug-likeness (QED) is 0.738. The molecule has 0 unspecified atom stereocenters. The molecule has 0 radical (unpaired) electrons. The molecule has 1 aliphatic rings. The molecule has 0 bridgehead atoms. The second kappa shape index (κ2) is 6.82. The number of aromatic nitrogens is 3. The predicted octanol–water partition coefficient (Wildman–Crippen LogP) is 3.99. The molecule has 0 aliphatic carbocycles. The van der Waals surface area contributed by atoms with Crippen LogP contribution in [0.15, 0.2) is 54.6 Å². The maximum atomic E-state index is 12.7. The summed E-state index contributed by atoms with van der Waals surface area (Å²) in [5, 5.41) is 7.97. The molecule has 1 aliphatic heterocycles. The molecule has 0 saturated heterocycles. The van der Waals surface area contributed by atoms with Crippen LogP contribution < -0.4 is 10.1 Å². The van der Waals surface area contributed by atoms with Crippen LogP contribution in [0.3, 0.4) is 0 Å². The first-order chi connectivity index (χ1) is 12.6. The van der Waals surface area contributed by atoms with E-state index in [2.05, 4.69) is 15.4 Å². The topological polar surface area (TPSA) is 69.0 Å². The third-order valence-corrected chi connectivity index (χ3v) is 4.40. The lowest BCUT2D eigenvalue weighted by Gasteiger charge is -2.19. The molecule has 130 valence electrons. The minimum Gasteiger partial charge on any atom is -0.488 e. The molecule has 1 aromatic heterocycles. The number of fused-ring (bicyclic) bond motifs is 1. The number of ether oxygens (including phenoxy) is 1. The van der Waals surface area contributed by atoms with E-state index in [0.29, 0.717) is 32.7 Å². The molecule has 0 fully saturated rings. The number of amides is 1. The summed E-state index contributed by atoms with van der Waals surface area (Å²) in [6.07, 6.45) is 4.67. The molecular weight excluding hydrogens is 375 g/mol. The van der Waals surface area contributed by atoms with Gasteiger partial charge in [0.1, 0.15) is 30.7 Å². The Bertz CT molecular complexity index is 1020. The number of rotatable bonds is 3. The SMILES string of the molecule is O=C(Nc1cccc(Cl)c1-n1cncn1)C1=Cc2cc(Cl)ccc2OC1. The average Bonchev–Trinajstić information content (AvgIpc) is 3.15. The first-order valence-electron chi connectivity index (χ1n) is 7.69. The van der Waals surface area contributed by atoms with Gasteiger partial charge < -0.3 is 10.1 Å². The van der Waals surface area contributed by atoms with Crippen molar-refractivity contribution in [1.82, 2.24) is 14.8 Å². The van der Waals surface area contributed by atoms with E-state index >= 15 is 0 Å². The zero-order valence-corrected chi connectivity index (χ0v) is 14.8. The fourth-order valence-corrected chi connectivity index (χ4v) is 3.10. The standard InChI is InChI=1S/C18H12Cl2N4O2/c19-13-4-5-16-11(7-13)6-12(8-26-16)18(25)23-15-3-1-2-14(20)17(15)24-10-21-9-22-24/h1-7,9-10H,8H2,(H,23,25). The Morgan fingerprint density at radius 1 is 1.23 bits per heavy atom. The van der Waals surface area contributed by atoms with Gasteiger partial charge in [-0.25, -0.2) is 9.67 Å². The molecule has 2 aromatic carbocycles. The molecule has 0 saturated carbocycles. The van der Waals surface area contributed by atoms with Gasteiger partial charge in [-0.15, -0.1) is 0 Å². The van der Waals surface area contributed by atoms with E-state index < -0.39 is 0 Å². The molecule has 4 rings (SSSR count). The number of nitrogens with zero attached hydrogens (tertiary/aromatic N) is 3. The maximum absolute atomic E-state index is 12.7. The van der Waals surface area contributed by atoms with E-state index in [0.717, 1.165) is 5.56 Å². The summed E-state index contributed by atoms with van der Waals surface area (Å²) in [5.74, 6) is 0.399. The van der Waals surface area contributed by atoms with Crippen LogP contribution in [-0.2, 0) is 4.79 Å². The van der Waals surface area contributed by atoms with Crippen LogP contribution in [0.5, 0.6) is 5.75 Å². The van der Waals surface area contributed by atoms with Crippen molar-refractivity contribution >= 4 is 40.9 Å². The second-order valence-corrected chi connectivity index (χ2v) is 6.41. The van der Waals surface area contributed by atoms with Gasteiger partial charge in [-0.2, -0.15) is 5.10 Å². The van der Waals surface area contributed by atoms with Gasteiger partial charge in [-0.3, -0.25) is 4.79 Å². The third kappa shape index (κ3) is 3.16. The van der Waals surface area contributed by atoms with Crippen LogP contribution in [0.2, 0.25) is 10.0 Å². The number of anilines is 1. The maximum Gasteiger partial charge on any atom is 0.255 e. The minimum atomic E-state index is -0.292. The summed E-state index contributed by atoms with van der Waals surface area (Å²) in [6.45, 7) is 0.166. The Labute approximate surface area is 159 Å². The van der Waals surface area contributed by atoms with E-state index in [-0.39, 0.29) is 12.5 Å². The molecule has 2 heterocycles. The van der Waals surface area contributed by atoms with Gasteiger partial charge in [0.25, 0.3) is 5.91 Å². The molecule has 1 amide bonds. The second-order valence-electron chi connectivity index (χ2n) is 5.57. The van der Waals surface area contributed by atoms with Crippen molar-refractivity contribution in [3.8, 4) is 11.4 Å². The normalized spacial score (nSPS) is 12.8. The zero-order chi connectivity index (χ0) is 18.1. The van der Waals surface area contributed by atoms with Gasteiger partial charge in [0.15, 0.2) is 0 Å². The number of carbonyl (C=O) groups is 1. The van der Waals surface area contributed by atoms with Crippen molar-refractivity contribution in [1.29, 1.82) is 0 Å². The summed E-state index contributed by atoms with van der Waals surface area (Å²) < 4.78 is 7.13. The van der Waals surface area contributed by atoms with Crippen LogP contribution in [0.1, 0.15) is 5.56 Å². The lowest BCUT2D eigenvalue weighted by molar-refractivity contribution is -0.113. The van der Waals surface area contributed by atoms with Gasteiger partial charge in [0.05, 0.1) is 16.3 Å². The van der Waals surface area contributed by atoms with Crippen molar-refractivity contribution in [3.05, 3.63) is 70.2 Å². The fraction of sp³-hybridized carbons (Fsp3) is 0.0556. The van der Waals surface area contributed by atoms with Crippen LogP contribution in [0.25, 0.3) is 11.8 Å². The highest BCUT2D eigenvalue weighted by Crippen LogP contribution is 2.31. The number of carbonyl (C=O) groups excluding carboxylic acids is 1. The van der Waals surface area contributed by atoms with Crippen LogP contribution >= 0.6 is 23.2 Å². The van der Waals surface area contributed by atoms with E-state index in [9.17, 15) is 4.79 Å². The molecule has 3 aromatic rings. The predicted molar refractivity (Wildman–Crippen MR) is 99.9 cm³/mol. The Balaban J connectivity index is 1.65. The van der Waals surface area contributed by atoms with E-state index in [1.807, 2.05) is 0 Å². The van der Waals surface area contributed by atoms with E-state index in [1.54, 1.807) is 42.5 Å². The largest absolute Gasteiger partial charge is 0.488 e. The summed E-state index contributed by atoms with van der Waals surface area (Å²) >= 11 is 12.3. The van der Waals surface area contributed by atoms with Crippen molar-refractivity contribution in [2.24, 2.45) is 0 Å². The Morgan fingerprint density at radius 3 is 2.92 bits per heavy atom. The molecule has 6 nitrogen and oxygen atoms in total. The number of hydrogen-bond donors (Lipinski definition) is 1. The highest BCUT2D eigenvalue weighted by atomic mass is 35.5. The molecule has 26 heavy (non-hydrogen) atoms. The highest BCUT2D eigenvalue weighted by Gasteiger charge is 2.19. The van der Waals surface area contributed by atoms with Crippen LogP contribution in [-0.4, -0.2) is 27.3 Å².